The Morgan fingerprint density at radius 3 is 2.52 bits per heavy atom. The van der Waals surface area contributed by atoms with E-state index in [9.17, 15) is 14.4 Å². The molecule has 1 aliphatic heterocycles. The van der Waals surface area contributed by atoms with Gasteiger partial charge >= 0.3 is 6.03 Å². The Morgan fingerprint density at radius 2 is 1.87 bits per heavy atom. The van der Waals surface area contributed by atoms with Gasteiger partial charge in [-0.05, 0) is 30.5 Å². The molecule has 1 saturated heterocycles. The second-order valence-corrected chi connectivity index (χ2v) is 6.45. The third-order valence-corrected chi connectivity index (χ3v) is 4.66. The molecular formula is C16H18ClN3O3. The lowest BCUT2D eigenvalue weighted by atomic mass is 9.98. The molecule has 0 bridgehead atoms. The maximum absolute atomic E-state index is 12.4. The van der Waals surface area contributed by atoms with Gasteiger partial charge in [0, 0.05) is 11.6 Å². The van der Waals surface area contributed by atoms with E-state index < -0.39 is 11.6 Å². The molecule has 6 nitrogen and oxygen atoms in total. The minimum Gasteiger partial charge on any atom is -0.350 e. The van der Waals surface area contributed by atoms with E-state index in [0.29, 0.717) is 24.4 Å². The summed E-state index contributed by atoms with van der Waals surface area (Å²) >= 11 is 5.80. The van der Waals surface area contributed by atoms with Crippen LogP contribution in [-0.2, 0) is 16.1 Å². The highest BCUT2D eigenvalue weighted by molar-refractivity contribution is 6.30. The number of halogens is 1. The first-order chi connectivity index (χ1) is 11.0. The normalized spacial score (nSPS) is 19.3. The van der Waals surface area contributed by atoms with E-state index in [4.69, 9.17) is 11.6 Å². The van der Waals surface area contributed by atoms with Gasteiger partial charge in [-0.15, -0.1) is 0 Å². The smallest absolute Gasteiger partial charge is 0.325 e. The lowest BCUT2D eigenvalue weighted by Gasteiger charge is -2.19. The lowest BCUT2D eigenvalue weighted by Crippen LogP contribution is -2.45. The van der Waals surface area contributed by atoms with Crippen molar-refractivity contribution in [3.05, 3.63) is 34.9 Å². The van der Waals surface area contributed by atoms with Crippen LogP contribution in [0, 0.1) is 0 Å². The monoisotopic (exact) mass is 335 g/mol. The summed E-state index contributed by atoms with van der Waals surface area (Å²) in [6.45, 7) is 0.0742. The van der Waals surface area contributed by atoms with Crippen molar-refractivity contribution in [3.8, 4) is 0 Å². The SMILES string of the molecule is O=C(CN1C(=O)NC2(CCCC2)C1=O)NCc1ccc(Cl)cc1. The van der Waals surface area contributed by atoms with Crippen molar-refractivity contribution in [2.45, 2.75) is 37.8 Å². The summed E-state index contributed by atoms with van der Waals surface area (Å²) < 4.78 is 0. The maximum atomic E-state index is 12.4. The van der Waals surface area contributed by atoms with Gasteiger partial charge in [-0.25, -0.2) is 4.79 Å². The molecule has 122 valence electrons. The van der Waals surface area contributed by atoms with Crippen LogP contribution in [-0.4, -0.2) is 34.8 Å². The van der Waals surface area contributed by atoms with Crippen LogP contribution in [0.5, 0.6) is 0 Å². The van der Waals surface area contributed by atoms with Gasteiger partial charge in [-0.3, -0.25) is 14.5 Å². The standard InChI is InChI=1S/C16H18ClN3O3/c17-12-5-3-11(4-6-12)9-18-13(21)10-20-14(22)16(19-15(20)23)7-1-2-8-16/h3-6H,1-2,7-10H2,(H,18,21)(H,19,23). The van der Waals surface area contributed by atoms with Crippen molar-refractivity contribution in [2.75, 3.05) is 6.54 Å². The number of benzene rings is 1. The predicted molar refractivity (Wildman–Crippen MR) is 84.7 cm³/mol. The maximum Gasteiger partial charge on any atom is 0.325 e. The van der Waals surface area contributed by atoms with Gasteiger partial charge < -0.3 is 10.6 Å². The zero-order chi connectivity index (χ0) is 16.4. The summed E-state index contributed by atoms with van der Waals surface area (Å²) in [6, 6.07) is 6.63. The molecule has 0 aromatic heterocycles. The van der Waals surface area contributed by atoms with E-state index in [1.54, 1.807) is 12.1 Å². The highest BCUT2D eigenvalue weighted by Crippen LogP contribution is 2.34. The van der Waals surface area contributed by atoms with Crippen LogP contribution in [0.2, 0.25) is 5.02 Å². The number of hydrogen-bond donors (Lipinski definition) is 2. The number of amides is 4. The van der Waals surface area contributed by atoms with Crippen LogP contribution in [0.4, 0.5) is 4.79 Å². The van der Waals surface area contributed by atoms with Gasteiger partial charge in [0.2, 0.25) is 5.91 Å². The van der Waals surface area contributed by atoms with Crippen LogP contribution in [0.15, 0.2) is 24.3 Å². The first-order valence-electron chi connectivity index (χ1n) is 7.65. The Morgan fingerprint density at radius 1 is 1.22 bits per heavy atom. The zero-order valence-electron chi connectivity index (χ0n) is 12.6. The highest BCUT2D eigenvalue weighted by atomic mass is 35.5. The Bertz CT molecular complexity index is 638. The molecule has 23 heavy (non-hydrogen) atoms. The third kappa shape index (κ3) is 3.17. The van der Waals surface area contributed by atoms with Gasteiger partial charge in [0.05, 0.1) is 0 Å². The predicted octanol–water partition coefficient (Wildman–Crippen LogP) is 1.82. The number of rotatable bonds is 4. The number of urea groups is 1. The number of nitrogens with zero attached hydrogens (tertiary/aromatic N) is 1. The molecule has 0 radical (unpaired) electrons. The number of hydrogen-bond acceptors (Lipinski definition) is 3. The first kappa shape index (κ1) is 15.8. The summed E-state index contributed by atoms with van der Waals surface area (Å²) in [7, 11) is 0. The molecule has 1 aromatic carbocycles. The summed E-state index contributed by atoms with van der Waals surface area (Å²) in [5.74, 6) is -0.639. The molecule has 3 rings (SSSR count). The number of carbonyl (C=O) groups is 3. The van der Waals surface area contributed by atoms with Gasteiger partial charge in [0.25, 0.3) is 5.91 Å². The van der Waals surface area contributed by atoms with Crippen LogP contribution >= 0.6 is 11.6 Å². The third-order valence-electron chi connectivity index (χ3n) is 4.41. The number of imide groups is 1. The molecule has 1 heterocycles. The largest absolute Gasteiger partial charge is 0.350 e. The highest BCUT2D eigenvalue weighted by Gasteiger charge is 2.52. The van der Waals surface area contributed by atoms with E-state index in [-0.39, 0.29) is 18.4 Å². The van der Waals surface area contributed by atoms with Crippen molar-refractivity contribution < 1.29 is 14.4 Å². The van der Waals surface area contributed by atoms with E-state index in [2.05, 4.69) is 10.6 Å². The first-order valence-corrected chi connectivity index (χ1v) is 8.03. The molecule has 1 aliphatic carbocycles. The quantitative estimate of drug-likeness (QED) is 0.824. The molecule has 1 spiro atoms. The number of carbonyl (C=O) groups excluding carboxylic acids is 3. The van der Waals surface area contributed by atoms with E-state index in [1.807, 2.05) is 12.1 Å². The molecule has 2 aliphatic rings. The van der Waals surface area contributed by atoms with Crippen molar-refractivity contribution in [3.63, 3.8) is 0 Å². The summed E-state index contributed by atoms with van der Waals surface area (Å²) in [4.78, 5) is 37.5. The lowest BCUT2D eigenvalue weighted by molar-refractivity contribution is -0.134. The fraction of sp³-hybridized carbons (Fsp3) is 0.438. The van der Waals surface area contributed by atoms with Crippen molar-refractivity contribution in [2.24, 2.45) is 0 Å². The average molecular weight is 336 g/mol. The zero-order valence-corrected chi connectivity index (χ0v) is 13.4. The van der Waals surface area contributed by atoms with Gasteiger partial charge in [0.15, 0.2) is 0 Å². The topological polar surface area (TPSA) is 78.5 Å². The van der Waals surface area contributed by atoms with Crippen molar-refractivity contribution >= 4 is 29.4 Å². The Labute approximate surface area is 139 Å². The van der Waals surface area contributed by atoms with Crippen molar-refractivity contribution in [1.29, 1.82) is 0 Å². The number of nitrogens with one attached hydrogen (secondary N) is 2. The molecule has 0 atom stereocenters. The minimum atomic E-state index is -0.770. The second kappa shape index (κ2) is 6.20. The second-order valence-electron chi connectivity index (χ2n) is 6.01. The molecule has 1 saturated carbocycles. The molecule has 2 N–H and O–H groups in total. The summed E-state index contributed by atoms with van der Waals surface area (Å²) in [5.41, 5.74) is 0.125. The van der Waals surface area contributed by atoms with Gasteiger partial charge in [-0.2, -0.15) is 0 Å². The van der Waals surface area contributed by atoms with Crippen LogP contribution in [0.1, 0.15) is 31.2 Å². The van der Waals surface area contributed by atoms with E-state index in [1.165, 1.54) is 0 Å². The van der Waals surface area contributed by atoms with E-state index >= 15 is 0 Å². The average Bonchev–Trinajstić information content (AvgIpc) is 3.08. The fourth-order valence-electron chi connectivity index (χ4n) is 3.14. The molecule has 2 fully saturated rings. The Balaban J connectivity index is 1.56. The fourth-order valence-corrected chi connectivity index (χ4v) is 3.27. The molecular weight excluding hydrogens is 318 g/mol. The van der Waals surface area contributed by atoms with Crippen LogP contribution in [0.25, 0.3) is 0 Å². The van der Waals surface area contributed by atoms with Crippen molar-refractivity contribution in [1.82, 2.24) is 15.5 Å². The summed E-state index contributed by atoms with van der Waals surface area (Å²) in [5, 5.41) is 6.09. The van der Waals surface area contributed by atoms with Crippen LogP contribution < -0.4 is 10.6 Å². The minimum absolute atomic E-state index is 0.250. The molecule has 7 heteroatoms. The van der Waals surface area contributed by atoms with Crippen LogP contribution in [0.3, 0.4) is 0 Å². The Hall–Kier alpha value is -2.08. The molecule has 0 unspecified atom stereocenters. The molecule has 4 amide bonds. The van der Waals surface area contributed by atoms with Gasteiger partial charge in [0.1, 0.15) is 12.1 Å². The van der Waals surface area contributed by atoms with Gasteiger partial charge in [-0.1, -0.05) is 36.6 Å². The Kier molecular flexibility index (Phi) is 4.26. The van der Waals surface area contributed by atoms with E-state index in [0.717, 1.165) is 23.3 Å². The summed E-state index contributed by atoms with van der Waals surface area (Å²) in [6.07, 6.45) is 3.15. The molecule has 1 aromatic rings.